The van der Waals surface area contributed by atoms with Gasteiger partial charge in [0.15, 0.2) is 0 Å². The minimum Gasteiger partial charge on any atom is -0.497 e. The van der Waals surface area contributed by atoms with E-state index in [1.54, 1.807) is 7.11 Å². The average Bonchev–Trinajstić information content (AvgIpc) is 2.97. The summed E-state index contributed by atoms with van der Waals surface area (Å²) in [5.74, 6) is 0.894. The molecule has 1 aliphatic rings. The van der Waals surface area contributed by atoms with Crippen molar-refractivity contribution in [3.8, 4) is 5.75 Å². The average molecular weight is 317 g/mol. The summed E-state index contributed by atoms with van der Waals surface area (Å²) in [5, 5.41) is 0.537. The molecule has 0 saturated heterocycles. The van der Waals surface area contributed by atoms with Gasteiger partial charge in [0.05, 0.1) is 7.11 Å². The summed E-state index contributed by atoms with van der Waals surface area (Å²) in [6.45, 7) is 3.84. The molecule has 0 atom stereocenters. The Hall–Kier alpha value is -2.07. The second-order valence-corrected chi connectivity index (χ2v) is 5.78. The second-order valence-electron chi connectivity index (χ2n) is 5.39. The molecule has 0 fully saturated rings. The topological polar surface area (TPSA) is 28.4 Å². The Kier molecular flexibility index (Phi) is 4.59. The number of hydrogen-bond acceptors (Lipinski definition) is 3. The zero-order chi connectivity index (χ0) is 15.4. The fraction of sp³-hybridized carbons (Fsp3) is 0.294. The lowest BCUT2D eigenvalue weighted by Gasteiger charge is -2.07. The van der Waals surface area contributed by atoms with E-state index in [0.29, 0.717) is 5.15 Å². The van der Waals surface area contributed by atoms with Crippen LogP contribution in [0.4, 0.5) is 0 Å². The van der Waals surface area contributed by atoms with Crippen molar-refractivity contribution in [1.82, 2.24) is 9.88 Å². The summed E-state index contributed by atoms with van der Waals surface area (Å²) in [6, 6.07) is 12.1. The Balaban J connectivity index is 1.59. The Morgan fingerprint density at radius 3 is 2.64 bits per heavy atom. The fourth-order valence-electron chi connectivity index (χ4n) is 2.54. The normalized spacial score (nSPS) is 14.1. The maximum absolute atomic E-state index is 5.81. The van der Waals surface area contributed by atoms with E-state index < -0.39 is 0 Å². The molecule has 1 aliphatic heterocycles. The van der Waals surface area contributed by atoms with Crippen LogP contribution in [-0.2, 0) is 13.1 Å². The van der Waals surface area contributed by atoms with Crippen molar-refractivity contribution in [2.75, 3.05) is 20.2 Å². The molecule has 3 rings (SSSR count). The van der Waals surface area contributed by atoms with E-state index in [9.17, 15) is 0 Å². The van der Waals surface area contributed by atoms with Crippen molar-refractivity contribution in [3.05, 3.63) is 58.9 Å². The van der Waals surface area contributed by atoms with Gasteiger partial charge in [-0.1, -0.05) is 29.8 Å². The molecule has 4 nitrogen and oxygen atoms in total. The minimum absolute atomic E-state index is 0.537. The highest BCUT2D eigenvalue weighted by molar-refractivity contribution is 6.29. The van der Waals surface area contributed by atoms with E-state index >= 15 is 0 Å². The third-order valence-corrected chi connectivity index (χ3v) is 3.94. The summed E-state index contributed by atoms with van der Waals surface area (Å²) in [4.78, 5) is 6.45. The molecular weight excluding hydrogens is 298 g/mol. The van der Waals surface area contributed by atoms with Gasteiger partial charge in [-0.3, -0.25) is 9.48 Å². The molecule has 0 saturated carbocycles. The highest BCUT2D eigenvalue weighted by Gasteiger charge is 2.19. The molecule has 5 heteroatoms. The molecule has 22 heavy (non-hydrogen) atoms. The molecule has 0 aliphatic carbocycles. The van der Waals surface area contributed by atoms with Gasteiger partial charge in [0, 0.05) is 11.8 Å². The van der Waals surface area contributed by atoms with Crippen molar-refractivity contribution in [3.63, 3.8) is 0 Å². The van der Waals surface area contributed by atoms with Crippen LogP contribution in [0.3, 0.4) is 0 Å². The lowest BCUT2D eigenvalue weighted by Crippen LogP contribution is -2.18. The third-order valence-electron chi connectivity index (χ3n) is 3.72. The largest absolute Gasteiger partial charge is 0.497 e. The number of benzene rings is 1. The van der Waals surface area contributed by atoms with Gasteiger partial charge in [-0.15, -0.1) is 0 Å². The molecular formula is C17H19ClN3O+. The van der Waals surface area contributed by atoms with E-state index in [4.69, 9.17) is 16.3 Å². The first-order chi connectivity index (χ1) is 10.7. The van der Waals surface area contributed by atoms with Gasteiger partial charge in [0.1, 0.15) is 37.1 Å². The van der Waals surface area contributed by atoms with Crippen LogP contribution in [0.15, 0.2) is 42.6 Å². The molecule has 0 radical (unpaired) electrons. The standard InChI is InChI=1S/C17H19ClN3O/c1-22-16-5-2-14(3-6-16)11-20-8-9-21(13-20)12-15-4-7-17(18)19-10-15/h2-7,10,13H,8-9,11-12H2,1H3/q+1. The Morgan fingerprint density at radius 1 is 1.18 bits per heavy atom. The molecule has 114 valence electrons. The number of methoxy groups -OCH3 is 1. The zero-order valence-corrected chi connectivity index (χ0v) is 13.3. The summed E-state index contributed by atoms with van der Waals surface area (Å²) < 4.78 is 7.49. The molecule has 2 heterocycles. The summed E-state index contributed by atoms with van der Waals surface area (Å²) in [6.07, 6.45) is 4.03. The fourth-order valence-corrected chi connectivity index (χ4v) is 2.65. The Labute approximate surface area is 135 Å². The van der Waals surface area contributed by atoms with E-state index in [0.717, 1.165) is 31.9 Å². The molecule has 0 unspecified atom stereocenters. The molecule has 0 N–H and O–H groups in total. The van der Waals surface area contributed by atoms with Crippen LogP contribution in [-0.4, -0.2) is 41.0 Å². The lowest BCUT2D eigenvalue weighted by molar-refractivity contribution is -0.530. The number of nitrogens with zero attached hydrogens (tertiary/aromatic N) is 3. The zero-order valence-electron chi connectivity index (χ0n) is 12.6. The van der Waals surface area contributed by atoms with Gasteiger partial charge in [-0.2, -0.15) is 0 Å². The van der Waals surface area contributed by atoms with Crippen molar-refractivity contribution < 1.29 is 9.31 Å². The molecule has 2 aromatic rings. The van der Waals surface area contributed by atoms with E-state index in [1.165, 1.54) is 11.1 Å². The number of halogens is 1. The Bertz CT molecular complexity index is 653. The van der Waals surface area contributed by atoms with Gasteiger partial charge < -0.3 is 4.74 Å². The first kappa shape index (κ1) is 14.9. The summed E-state index contributed by atoms with van der Waals surface area (Å²) in [7, 11) is 1.69. The van der Waals surface area contributed by atoms with Crippen LogP contribution in [0.1, 0.15) is 11.1 Å². The number of hydrogen-bond donors (Lipinski definition) is 0. The van der Waals surface area contributed by atoms with Crippen molar-refractivity contribution in [2.45, 2.75) is 13.1 Å². The van der Waals surface area contributed by atoms with Crippen LogP contribution >= 0.6 is 11.6 Å². The Morgan fingerprint density at radius 2 is 1.95 bits per heavy atom. The van der Waals surface area contributed by atoms with E-state index in [2.05, 4.69) is 32.9 Å². The van der Waals surface area contributed by atoms with Crippen molar-refractivity contribution in [2.24, 2.45) is 0 Å². The molecule has 0 bridgehead atoms. The van der Waals surface area contributed by atoms with Gasteiger partial charge in [-0.25, -0.2) is 4.98 Å². The first-order valence-electron chi connectivity index (χ1n) is 7.29. The minimum atomic E-state index is 0.537. The van der Waals surface area contributed by atoms with Crippen LogP contribution in [0.25, 0.3) is 0 Å². The molecule has 1 aromatic heterocycles. The van der Waals surface area contributed by atoms with Gasteiger partial charge in [0.25, 0.3) is 0 Å². The summed E-state index contributed by atoms with van der Waals surface area (Å²) >= 11 is 5.81. The predicted molar refractivity (Wildman–Crippen MR) is 87.5 cm³/mol. The van der Waals surface area contributed by atoms with Gasteiger partial charge in [-0.05, 0) is 23.8 Å². The first-order valence-corrected chi connectivity index (χ1v) is 7.67. The quantitative estimate of drug-likeness (QED) is 0.627. The second kappa shape index (κ2) is 6.79. The van der Waals surface area contributed by atoms with Crippen LogP contribution < -0.4 is 4.74 Å². The van der Waals surface area contributed by atoms with Crippen LogP contribution in [0, 0.1) is 0 Å². The highest BCUT2D eigenvalue weighted by Crippen LogP contribution is 2.14. The lowest BCUT2D eigenvalue weighted by atomic mass is 10.2. The van der Waals surface area contributed by atoms with Gasteiger partial charge in [0.2, 0.25) is 6.34 Å². The molecule has 0 spiro atoms. The summed E-state index contributed by atoms with van der Waals surface area (Å²) in [5.41, 5.74) is 2.46. The third kappa shape index (κ3) is 3.77. The SMILES string of the molecule is COc1ccc(CN2C=[N+](Cc3ccc(Cl)nc3)CC2)cc1. The molecule has 1 aromatic carbocycles. The monoisotopic (exact) mass is 316 g/mol. The molecule has 0 amide bonds. The number of aromatic nitrogens is 1. The van der Waals surface area contributed by atoms with Gasteiger partial charge >= 0.3 is 0 Å². The predicted octanol–water partition coefficient (Wildman–Crippen LogP) is 2.80. The maximum Gasteiger partial charge on any atom is 0.234 e. The maximum atomic E-state index is 5.81. The van der Waals surface area contributed by atoms with Crippen LogP contribution in [0.2, 0.25) is 5.15 Å². The highest BCUT2D eigenvalue weighted by atomic mass is 35.5. The smallest absolute Gasteiger partial charge is 0.234 e. The number of pyridine rings is 1. The van der Waals surface area contributed by atoms with Crippen molar-refractivity contribution >= 4 is 17.9 Å². The van der Waals surface area contributed by atoms with E-state index in [-0.39, 0.29) is 0 Å². The number of ether oxygens (including phenoxy) is 1. The van der Waals surface area contributed by atoms with Crippen molar-refractivity contribution in [1.29, 1.82) is 0 Å². The number of rotatable bonds is 5. The van der Waals surface area contributed by atoms with E-state index in [1.807, 2.05) is 30.5 Å². The van der Waals surface area contributed by atoms with Crippen LogP contribution in [0.5, 0.6) is 5.75 Å².